The Bertz CT molecular complexity index is 5480. The van der Waals surface area contributed by atoms with E-state index in [1.807, 2.05) is 4.90 Å². The van der Waals surface area contributed by atoms with Crippen LogP contribution in [0.1, 0.15) is 64.1 Å². The Morgan fingerprint density at radius 3 is 1.31 bits per heavy atom. The second-order valence-corrected chi connectivity index (χ2v) is 27.5. The van der Waals surface area contributed by atoms with E-state index in [-0.39, 0.29) is 105 Å². The molecule has 11 aromatic rings. The van der Waals surface area contributed by atoms with Crippen molar-refractivity contribution in [1.82, 2.24) is 39.5 Å². The molecule has 0 aliphatic carbocycles. The van der Waals surface area contributed by atoms with Crippen molar-refractivity contribution in [2.75, 3.05) is 69.9 Å². The quantitative estimate of drug-likeness (QED) is 0.0635. The van der Waals surface area contributed by atoms with Crippen molar-refractivity contribution in [3.05, 3.63) is 222 Å². The lowest BCUT2D eigenvalue weighted by atomic mass is 10.1. The van der Waals surface area contributed by atoms with E-state index >= 15 is 0 Å². The Morgan fingerprint density at radius 2 is 0.857 bits per heavy atom. The molecule has 0 saturated heterocycles. The van der Waals surface area contributed by atoms with Gasteiger partial charge in [0, 0.05) is 105 Å². The molecule has 3 aromatic carbocycles. The van der Waals surface area contributed by atoms with Crippen molar-refractivity contribution in [1.29, 1.82) is 0 Å². The summed E-state index contributed by atoms with van der Waals surface area (Å²) in [7, 11) is 6.96. The first-order valence-electron chi connectivity index (χ1n) is 34.8. The Hall–Kier alpha value is -12.6. The minimum atomic E-state index is -3.10. The van der Waals surface area contributed by atoms with Gasteiger partial charge in [0.2, 0.25) is 23.5 Å². The number of hydrogen-bond acceptors (Lipinski definition) is 19. The van der Waals surface area contributed by atoms with Crippen molar-refractivity contribution in [2.45, 2.75) is 78.6 Å². The number of ether oxygens (including phenoxy) is 10. The number of aromatic amines is 3. The summed E-state index contributed by atoms with van der Waals surface area (Å²) in [5.41, 5.74) is 2.20. The maximum atomic E-state index is 14.8. The maximum Gasteiger partial charge on any atom is 0.419 e. The second kappa shape index (κ2) is 39.1. The van der Waals surface area contributed by atoms with E-state index in [1.165, 1.54) is 125 Å². The van der Waals surface area contributed by atoms with E-state index in [0.29, 0.717) is 64.7 Å². The van der Waals surface area contributed by atoms with Gasteiger partial charge in [-0.05, 0) is 113 Å². The molecule has 119 heavy (non-hydrogen) atoms. The van der Waals surface area contributed by atoms with Gasteiger partial charge in [-0.1, -0.05) is 18.2 Å². The molecule has 0 saturated carbocycles. The standard InChI is InChI=1S/C25H23F4N3O5.C20H15F4N3O3.C20H17F4N3O2.C7H6BrF2NO2.C6H6BrNO2/c1-25(2,3)37-24(34)32-16-8-9-31(18-12-30-20(36-23(28)29)11-19(18)35-4)22(33)13(16)10-17(32)21-14(26)6-5-7-15(21)27;1-29-16-8-17(30-20(23)24)25-9-15(16)27-6-5-13-10(19(27)28)7-14(26-13)18-11(21)3-2-4-12(18)22;1-28-17-8-18(29-20(23)24)25-9-16(17)27-6-5-14-11(10-27)7-15(26-14)19-12(21)3-2-4-13(19)22;1-12-5-2-6(13-7(9)10)11-3-4(5)8;1-10-5-2-6(9)8-3-4(5)7/h5-7,10-12,23H,8-9H2,1-4H3;2-4,7-9,20,26H,5-6H2,1H3;2-4,7-9,20,26H,5-6,10H2,1H3;2-3,7H,1H3;2-3H,1H3,(H,8,9). The number of fused-ring (bicyclic) bond motifs is 3. The zero-order valence-electron chi connectivity index (χ0n) is 63.3. The van der Waals surface area contributed by atoms with Gasteiger partial charge in [0.15, 0.2) is 0 Å². The lowest BCUT2D eigenvalue weighted by molar-refractivity contribution is -0.0536. The van der Waals surface area contributed by atoms with Crippen LogP contribution < -0.4 is 62.9 Å². The molecule has 0 fully saturated rings. The van der Waals surface area contributed by atoms with Gasteiger partial charge in [-0.2, -0.15) is 35.1 Å². The summed E-state index contributed by atoms with van der Waals surface area (Å²) in [5, 5.41) is 0. The van der Waals surface area contributed by atoms with E-state index in [2.05, 4.69) is 85.7 Å². The van der Waals surface area contributed by atoms with E-state index in [1.54, 1.807) is 33.0 Å². The molecule has 630 valence electrons. The van der Waals surface area contributed by atoms with Crippen LogP contribution in [0.4, 0.5) is 83.3 Å². The van der Waals surface area contributed by atoms with Crippen LogP contribution in [-0.4, -0.2) is 145 Å². The first kappa shape index (κ1) is 88.8. The van der Waals surface area contributed by atoms with Crippen LogP contribution in [-0.2, 0) is 30.5 Å². The molecule has 0 spiro atoms. The highest BCUT2D eigenvalue weighted by molar-refractivity contribution is 9.11. The number of anilines is 3. The van der Waals surface area contributed by atoms with Crippen molar-refractivity contribution >= 4 is 66.8 Å². The van der Waals surface area contributed by atoms with Gasteiger partial charge in [0.1, 0.15) is 80.6 Å². The van der Waals surface area contributed by atoms with Crippen LogP contribution in [0.15, 0.2) is 148 Å². The topological polar surface area (TPSA) is 274 Å². The van der Waals surface area contributed by atoms with Gasteiger partial charge < -0.3 is 77.0 Å². The summed E-state index contributed by atoms with van der Waals surface area (Å²) in [4.78, 5) is 78.6. The normalized spacial score (nSPS) is 12.8. The average molecular weight is 1810 g/mol. The van der Waals surface area contributed by atoms with Crippen molar-refractivity contribution < 1.29 is 123 Å². The predicted octanol–water partition coefficient (Wildman–Crippen LogP) is 17.7. The summed E-state index contributed by atoms with van der Waals surface area (Å²) in [6, 6.07) is 21.1. The number of benzene rings is 3. The van der Waals surface area contributed by atoms with Crippen LogP contribution in [0.2, 0.25) is 0 Å². The fourth-order valence-corrected chi connectivity index (χ4v) is 13.0. The number of halogens is 16. The number of rotatable bonds is 19. The largest absolute Gasteiger partial charge is 0.495 e. The minimum absolute atomic E-state index is 0.00437. The molecule has 25 nitrogen and oxygen atoms in total. The number of H-pyrrole nitrogens is 3. The number of nitrogens with one attached hydrogen (secondary N) is 3. The number of alkyl halides is 8. The Morgan fingerprint density at radius 1 is 0.462 bits per heavy atom. The maximum absolute atomic E-state index is 14.8. The summed E-state index contributed by atoms with van der Waals surface area (Å²) in [6.45, 7) is -5.84. The van der Waals surface area contributed by atoms with E-state index in [4.69, 9.17) is 28.4 Å². The van der Waals surface area contributed by atoms with Crippen LogP contribution in [0.5, 0.6) is 52.3 Å². The number of methoxy groups -OCH3 is 5. The summed E-state index contributed by atoms with van der Waals surface area (Å²) in [5.74, 6) is -5.43. The molecule has 0 atom stereocenters. The number of hydrogen-bond donors (Lipinski definition) is 3. The van der Waals surface area contributed by atoms with E-state index in [9.17, 15) is 80.6 Å². The van der Waals surface area contributed by atoms with Crippen LogP contribution in [0.25, 0.3) is 33.8 Å². The molecular formula is C78H67Br2F14N11O14. The summed E-state index contributed by atoms with van der Waals surface area (Å²) >= 11 is 6.32. The molecule has 11 heterocycles. The highest BCUT2D eigenvalue weighted by Crippen LogP contribution is 2.42. The van der Waals surface area contributed by atoms with E-state index < -0.39 is 96.3 Å². The van der Waals surface area contributed by atoms with Crippen LogP contribution in [0.3, 0.4) is 0 Å². The van der Waals surface area contributed by atoms with Gasteiger partial charge in [-0.25, -0.2) is 55.6 Å². The molecule has 3 aliphatic heterocycles. The molecule has 0 radical (unpaired) electrons. The number of aromatic nitrogens is 8. The van der Waals surface area contributed by atoms with Crippen molar-refractivity contribution in [2.24, 2.45) is 0 Å². The average Bonchev–Trinajstić information content (AvgIpc) is 1.60. The zero-order valence-corrected chi connectivity index (χ0v) is 66.5. The Kier molecular flexibility index (Phi) is 29.2. The zero-order chi connectivity index (χ0) is 86.4. The SMILES string of the molecule is COc1cc(=O)[nH]cc1Br.COc1cc(OC(F)F)ncc1Br.COc1cc(OC(F)F)ncc1N1CCc2[nH]c(-c3c(F)cccc3F)cc2C1.COc1cc(OC(F)F)ncc1N1CCc2[nH]c(-c3c(F)cccc3F)cc2C1=O.COc1cc(OC(F)F)ncc1N1CCc2c(cc(-c3c(F)cccc3F)n2C(=O)OC(C)(C)C)C1=O. The number of carbonyl (C=O) groups is 3. The monoisotopic (exact) mass is 1810 g/mol. The number of pyridine rings is 5. The third-order valence-electron chi connectivity index (χ3n) is 17.3. The summed E-state index contributed by atoms with van der Waals surface area (Å²) < 4.78 is 234. The first-order chi connectivity index (χ1) is 56.6. The lowest BCUT2D eigenvalue weighted by Crippen LogP contribution is -2.39. The molecular weight excluding hydrogens is 1740 g/mol. The molecule has 3 aliphatic rings. The number of amides is 2. The first-order valence-corrected chi connectivity index (χ1v) is 36.4. The minimum Gasteiger partial charge on any atom is -0.495 e. The smallest absolute Gasteiger partial charge is 0.419 e. The fraction of sp³-hybridized carbons (Fsp3) is 0.256. The van der Waals surface area contributed by atoms with Crippen molar-refractivity contribution in [3.63, 3.8) is 0 Å². The molecule has 3 N–H and O–H groups in total. The molecule has 0 bridgehead atoms. The van der Waals surface area contributed by atoms with Gasteiger partial charge in [-0.3, -0.25) is 14.4 Å². The van der Waals surface area contributed by atoms with Crippen LogP contribution in [0, 0.1) is 34.9 Å². The second-order valence-electron chi connectivity index (χ2n) is 25.8. The number of carbonyl (C=O) groups excluding carboxylic acids is 3. The molecule has 14 rings (SSSR count). The Labute approximate surface area is 682 Å². The summed E-state index contributed by atoms with van der Waals surface area (Å²) in [6.07, 6.45) is 6.78. The molecule has 0 unspecified atom stereocenters. The number of nitrogens with zero attached hydrogens (tertiary/aromatic N) is 8. The molecule has 2 amide bonds. The van der Waals surface area contributed by atoms with Crippen molar-refractivity contribution in [3.8, 4) is 86.0 Å². The molecule has 8 aromatic heterocycles. The Balaban J connectivity index is 0.000000166. The molecule has 41 heteroatoms. The fourth-order valence-electron chi connectivity index (χ4n) is 12.3. The van der Waals surface area contributed by atoms with Gasteiger partial charge in [-0.15, -0.1) is 0 Å². The predicted molar refractivity (Wildman–Crippen MR) is 408 cm³/mol. The van der Waals surface area contributed by atoms with Gasteiger partial charge >= 0.3 is 32.5 Å². The van der Waals surface area contributed by atoms with Gasteiger partial charge in [0.05, 0.1) is 114 Å². The third kappa shape index (κ3) is 21.6. The van der Waals surface area contributed by atoms with Crippen LogP contribution >= 0.6 is 31.9 Å². The van der Waals surface area contributed by atoms with E-state index in [0.717, 1.165) is 62.9 Å². The highest BCUT2D eigenvalue weighted by atomic mass is 79.9. The lowest BCUT2D eigenvalue weighted by Gasteiger charge is -2.29. The highest BCUT2D eigenvalue weighted by Gasteiger charge is 2.38. The third-order valence-corrected chi connectivity index (χ3v) is 18.5. The van der Waals surface area contributed by atoms with Gasteiger partial charge in [0.25, 0.3) is 17.4 Å².